The van der Waals surface area contributed by atoms with Gasteiger partial charge < -0.3 is 15.2 Å². The molecule has 172 valence electrons. The third-order valence-corrected chi connectivity index (χ3v) is 6.51. The maximum Gasteiger partial charge on any atom is 0.303 e. The van der Waals surface area contributed by atoms with E-state index >= 15 is 0 Å². The molecule has 0 spiro atoms. The molecule has 0 radical (unpaired) electrons. The van der Waals surface area contributed by atoms with Crippen molar-refractivity contribution in [2.45, 2.75) is 52.2 Å². The number of aromatic nitrogens is 2. The van der Waals surface area contributed by atoms with E-state index in [1.165, 1.54) is 0 Å². The van der Waals surface area contributed by atoms with Crippen LogP contribution < -0.4 is 10.1 Å². The molecule has 0 amide bonds. The second kappa shape index (κ2) is 10.4. The van der Waals surface area contributed by atoms with E-state index in [0.717, 1.165) is 43.9 Å². The van der Waals surface area contributed by atoms with Crippen LogP contribution in [0.15, 0.2) is 42.5 Å². The van der Waals surface area contributed by atoms with Crippen LogP contribution in [0, 0.1) is 0 Å². The van der Waals surface area contributed by atoms with Gasteiger partial charge in [-0.25, -0.2) is 9.97 Å². The number of carboxylic acid groups (broad SMARTS) is 1. The highest BCUT2D eigenvalue weighted by Crippen LogP contribution is 2.37. The maximum absolute atomic E-state index is 10.8. The van der Waals surface area contributed by atoms with Crippen molar-refractivity contribution in [3.05, 3.63) is 58.9 Å². The van der Waals surface area contributed by atoms with Crippen LogP contribution in [0.3, 0.4) is 0 Å². The Labute approximate surface area is 201 Å². The number of halogens is 1. The first-order chi connectivity index (χ1) is 15.9. The van der Waals surface area contributed by atoms with Crippen molar-refractivity contribution in [1.82, 2.24) is 9.97 Å². The number of nitrogens with zero attached hydrogens (tertiary/aromatic N) is 2. The van der Waals surface area contributed by atoms with Crippen molar-refractivity contribution >= 4 is 55.0 Å². The number of unbranched alkanes of at least 4 members (excludes halogenated alkanes) is 1. The summed E-state index contributed by atoms with van der Waals surface area (Å²) in [5.41, 5.74) is 1.02. The normalized spacial score (nSPS) is 11.4. The van der Waals surface area contributed by atoms with Gasteiger partial charge in [0, 0.05) is 29.5 Å². The smallest absolute Gasteiger partial charge is 0.303 e. The molecule has 0 atom stereocenters. The maximum atomic E-state index is 10.8. The van der Waals surface area contributed by atoms with Crippen molar-refractivity contribution in [2.24, 2.45) is 0 Å². The number of ether oxygens (including phenoxy) is 1. The third kappa shape index (κ3) is 5.72. The number of nitrogens with one attached hydrogen (secondary N) is 1. The quantitative estimate of drug-likeness (QED) is 0.244. The predicted molar refractivity (Wildman–Crippen MR) is 135 cm³/mol. The van der Waals surface area contributed by atoms with Crippen LogP contribution in [-0.4, -0.2) is 27.1 Å². The largest absolute Gasteiger partial charge is 0.489 e. The Hall–Kier alpha value is -2.90. The van der Waals surface area contributed by atoms with E-state index in [1.807, 2.05) is 44.2 Å². The number of rotatable bonds is 10. The molecule has 0 aliphatic carbocycles. The Morgan fingerprint density at radius 2 is 2.00 bits per heavy atom. The van der Waals surface area contributed by atoms with E-state index in [9.17, 15) is 4.79 Å². The number of hydrogen-bond acceptors (Lipinski definition) is 6. The van der Waals surface area contributed by atoms with Gasteiger partial charge >= 0.3 is 5.97 Å². The fraction of sp³-hybridized carbons (Fsp3) is 0.320. The standard InChI is InChI=1S/C25H26ClN3O3S/c1-15(2)32-19-12-11-16(13-18(19)26)14-27-24-23-17-7-3-4-8-20(17)33-25(23)29-21(28-24)9-5-6-10-22(30)31/h3-4,7-8,11-13,15H,5-6,9-10,14H2,1-2H3,(H,30,31)(H,27,28,29). The highest BCUT2D eigenvalue weighted by molar-refractivity contribution is 7.25. The highest BCUT2D eigenvalue weighted by atomic mass is 35.5. The Morgan fingerprint density at radius 1 is 1.18 bits per heavy atom. The zero-order chi connectivity index (χ0) is 23.4. The topological polar surface area (TPSA) is 84.3 Å². The van der Waals surface area contributed by atoms with Gasteiger partial charge in [0.05, 0.1) is 16.5 Å². The molecule has 4 rings (SSSR count). The van der Waals surface area contributed by atoms with Crippen LogP contribution in [0.25, 0.3) is 20.3 Å². The lowest BCUT2D eigenvalue weighted by Crippen LogP contribution is -2.07. The number of aryl methyl sites for hydroxylation is 1. The summed E-state index contributed by atoms with van der Waals surface area (Å²) in [4.78, 5) is 21.3. The molecule has 0 bridgehead atoms. The van der Waals surface area contributed by atoms with Crippen molar-refractivity contribution in [3.63, 3.8) is 0 Å². The van der Waals surface area contributed by atoms with E-state index in [0.29, 0.717) is 30.2 Å². The summed E-state index contributed by atoms with van der Waals surface area (Å²) in [6.45, 7) is 4.49. The van der Waals surface area contributed by atoms with Gasteiger partial charge in [0.15, 0.2) is 0 Å². The van der Waals surface area contributed by atoms with Gasteiger partial charge in [-0.05, 0) is 50.5 Å². The lowest BCUT2D eigenvalue weighted by Gasteiger charge is -2.13. The first-order valence-corrected chi connectivity index (χ1v) is 12.2. The predicted octanol–water partition coefficient (Wildman–Crippen LogP) is 6.69. The summed E-state index contributed by atoms with van der Waals surface area (Å²) < 4.78 is 6.89. The number of benzene rings is 2. The molecule has 0 aliphatic heterocycles. The van der Waals surface area contributed by atoms with E-state index in [1.54, 1.807) is 11.3 Å². The van der Waals surface area contributed by atoms with Gasteiger partial charge in [-0.1, -0.05) is 35.9 Å². The molecule has 8 heteroatoms. The van der Waals surface area contributed by atoms with Crippen LogP contribution in [0.5, 0.6) is 5.75 Å². The van der Waals surface area contributed by atoms with Gasteiger partial charge in [-0.3, -0.25) is 4.79 Å². The summed E-state index contributed by atoms with van der Waals surface area (Å²) >= 11 is 8.05. The molecule has 33 heavy (non-hydrogen) atoms. The molecule has 2 N–H and O–H groups in total. The van der Waals surface area contributed by atoms with E-state index in [-0.39, 0.29) is 12.5 Å². The van der Waals surface area contributed by atoms with Crippen LogP contribution in [0.4, 0.5) is 5.82 Å². The minimum Gasteiger partial charge on any atom is -0.489 e. The van der Waals surface area contributed by atoms with Crippen molar-refractivity contribution in [3.8, 4) is 5.75 Å². The summed E-state index contributed by atoms with van der Waals surface area (Å²) in [6.07, 6.45) is 2.19. The number of thiophene rings is 1. The van der Waals surface area contributed by atoms with Gasteiger partial charge in [-0.2, -0.15) is 0 Å². The number of hydrogen-bond donors (Lipinski definition) is 2. The lowest BCUT2D eigenvalue weighted by molar-refractivity contribution is -0.137. The molecule has 0 aliphatic rings. The lowest BCUT2D eigenvalue weighted by atomic mass is 10.1. The second-order valence-corrected chi connectivity index (χ2v) is 9.59. The zero-order valence-electron chi connectivity index (χ0n) is 18.6. The number of carbonyl (C=O) groups is 1. The summed E-state index contributed by atoms with van der Waals surface area (Å²) in [5, 5.41) is 15.1. The Morgan fingerprint density at radius 3 is 2.76 bits per heavy atom. The van der Waals surface area contributed by atoms with Gasteiger partial charge in [0.25, 0.3) is 0 Å². The van der Waals surface area contributed by atoms with Gasteiger partial charge in [0.1, 0.15) is 22.2 Å². The SMILES string of the molecule is CC(C)Oc1ccc(CNc2nc(CCCCC(=O)O)nc3sc4ccccc4c23)cc1Cl. The van der Waals surface area contributed by atoms with Crippen LogP contribution in [0.2, 0.25) is 5.02 Å². The molecule has 2 aromatic carbocycles. The van der Waals surface area contributed by atoms with E-state index < -0.39 is 5.97 Å². The van der Waals surface area contributed by atoms with Crippen molar-refractivity contribution in [1.29, 1.82) is 0 Å². The number of fused-ring (bicyclic) bond motifs is 3. The minimum absolute atomic E-state index is 0.0570. The fourth-order valence-corrected chi connectivity index (χ4v) is 5.00. The number of aliphatic carboxylic acids is 1. The second-order valence-electron chi connectivity index (χ2n) is 8.15. The molecule has 2 aromatic heterocycles. The number of carboxylic acids is 1. The zero-order valence-corrected chi connectivity index (χ0v) is 20.2. The third-order valence-electron chi connectivity index (χ3n) is 5.15. The summed E-state index contributed by atoms with van der Waals surface area (Å²) in [5.74, 6) is 1.40. The molecule has 0 saturated carbocycles. The summed E-state index contributed by atoms with van der Waals surface area (Å²) in [6, 6.07) is 14.0. The molecule has 0 saturated heterocycles. The van der Waals surface area contributed by atoms with Crippen molar-refractivity contribution in [2.75, 3.05) is 5.32 Å². The number of anilines is 1. The van der Waals surface area contributed by atoms with E-state index in [4.69, 9.17) is 31.4 Å². The molecule has 0 unspecified atom stereocenters. The first kappa shape index (κ1) is 23.3. The van der Waals surface area contributed by atoms with Gasteiger partial charge in [0.2, 0.25) is 0 Å². The molecule has 4 aromatic rings. The molecular weight excluding hydrogens is 458 g/mol. The Kier molecular flexibility index (Phi) is 7.30. The summed E-state index contributed by atoms with van der Waals surface area (Å²) in [7, 11) is 0. The van der Waals surface area contributed by atoms with Gasteiger partial charge in [-0.15, -0.1) is 11.3 Å². The van der Waals surface area contributed by atoms with Crippen LogP contribution in [-0.2, 0) is 17.8 Å². The molecule has 6 nitrogen and oxygen atoms in total. The molecule has 2 heterocycles. The highest BCUT2D eigenvalue weighted by Gasteiger charge is 2.15. The Bertz CT molecular complexity index is 1290. The fourth-order valence-electron chi connectivity index (χ4n) is 3.66. The average Bonchev–Trinajstić information content (AvgIpc) is 3.15. The van der Waals surface area contributed by atoms with Crippen LogP contribution in [0.1, 0.15) is 44.5 Å². The average molecular weight is 484 g/mol. The monoisotopic (exact) mass is 483 g/mol. The van der Waals surface area contributed by atoms with Crippen LogP contribution >= 0.6 is 22.9 Å². The van der Waals surface area contributed by atoms with E-state index in [2.05, 4.69) is 17.4 Å². The first-order valence-electron chi connectivity index (χ1n) is 11.0. The molecular formula is C25H26ClN3O3S. The molecule has 0 fully saturated rings. The van der Waals surface area contributed by atoms with Crippen molar-refractivity contribution < 1.29 is 14.6 Å². The minimum atomic E-state index is -0.776. The Balaban J connectivity index is 1.60.